The van der Waals surface area contributed by atoms with Crippen molar-refractivity contribution in [2.75, 3.05) is 0 Å². The van der Waals surface area contributed by atoms with E-state index < -0.39 is 12.0 Å². The zero-order valence-electron chi connectivity index (χ0n) is 11.3. The van der Waals surface area contributed by atoms with Gasteiger partial charge in [0.05, 0.1) is 11.7 Å². The second-order valence-electron chi connectivity index (χ2n) is 4.89. The molecule has 1 aromatic carbocycles. The van der Waals surface area contributed by atoms with Crippen molar-refractivity contribution >= 4 is 33.7 Å². The van der Waals surface area contributed by atoms with E-state index in [4.69, 9.17) is 11.6 Å². The molecule has 0 aliphatic rings. The number of aromatic nitrogens is 5. The number of halogens is 4. The summed E-state index contributed by atoms with van der Waals surface area (Å²) in [6.07, 6.45) is -3.09. The molecule has 4 aromatic rings. The molecular formula is C14H7ClF3N5. The lowest BCUT2D eigenvalue weighted by atomic mass is 10.2. The van der Waals surface area contributed by atoms with E-state index in [0.29, 0.717) is 5.39 Å². The zero-order chi connectivity index (χ0) is 16.2. The molecule has 4 rings (SSSR count). The minimum atomic E-state index is -4.63. The number of imidazole rings is 1. The van der Waals surface area contributed by atoms with Crippen LogP contribution in [0.1, 0.15) is 5.82 Å². The molecule has 5 nitrogen and oxygen atoms in total. The fraction of sp³-hybridized carbons (Fsp3) is 0.0714. The second kappa shape index (κ2) is 4.69. The summed E-state index contributed by atoms with van der Waals surface area (Å²) in [5.41, 5.74) is 1.17. The van der Waals surface area contributed by atoms with Gasteiger partial charge in [0, 0.05) is 11.1 Å². The Morgan fingerprint density at radius 2 is 1.91 bits per heavy atom. The Morgan fingerprint density at radius 1 is 1.09 bits per heavy atom. The van der Waals surface area contributed by atoms with Crippen molar-refractivity contribution in [2.45, 2.75) is 6.18 Å². The van der Waals surface area contributed by atoms with Crippen molar-refractivity contribution in [1.29, 1.82) is 0 Å². The van der Waals surface area contributed by atoms with Crippen LogP contribution in [-0.2, 0) is 6.18 Å². The number of nitrogens with one attached hydrogen (secondary N) is 1. The molecule has 0 saturated heterocycles. The summed E-state index contributed by atoms with van der Waals surface area (Å²) >= 11 is 5.83. The maximum atomic E-state index is 13.4. The third-order valence-corrected chi connectivity index (χ3v) is 3.62. The van der Waals surface area contributed by atoms with E-state index in [9.17, 15) is 13.2 Å². The Kier molecular flexibility index (Phi) is 2.86. The van der Waals surface area contributed by atoms with Crippen molar-refractivity contribution in [3.05, 3.63) is 47.5 Å². The maximum absolute atomic E-state index is 13.4. The highest BCUT2D eigenvalue weighted by atomic mass is 35.5. The Hall–Kier alpha value is -2.61. The van der Waals surface area contributed by atoms with Gasteiger partial charge in [-0.05, 0) is 30.3 Å². The van der Waals surface area contributed by atoms with Gasteiger partial charge in [-0.25, -0.2) is 9.97 Å². The number of rotatable bonds is 1. The van der Waals surface area contributed by atoms with Gasteiger partial charge in [-0.3, -0.25) is 9.67 Å². The van der Waals surface area contributed by atoms with Crippen LogP contribution in [0.5, 0.6) is 0 Å². The molecule has 0 unspecified atom stereocenters. The van der Waals surface area contributed by atoms with Gasteiger partial charge in [-0.1, -0.05) is 11.6 Å². The molecule has 116 valence electrons. The van der Waals surface area contributed by atoms with Crippen LogP contribution in [0.25, 0.3) is 27.8 Å². The summed E-state index contributed by atoms with van der Waals surface area (Å²) in [6.45, 7) is 0. The lowest BCUT2D eigenvalue weighted by molar-refractivity contribution is -0.145. The smallest absolute Gasteiger partial charge is 0.278 e. The van der Waals surface area contributed by atoms with E-state index in [0.717, 1.165) is 10.1 Å². The summed E-state index contributed by atoms with van der Waals surface area (Å²) in [5, 5.41) is 7.39. The maximum Gasteiger partial charge on any atom is 0.450 e. The number of hydrogen-bond donors (Lipinski definition) is 1. The van der Waals surface area contributed by atoms with Crippen LogP contribution in [0.2, 0.25) is 5.15 Å². The molecule has 1 N–H and O–H groups in total. The molecule has 0 radical (unpaired) electrons. The van der Waals surface area contributed by atoms with Crippen molar-refractivity contribution < 1.29 is 13.2 Å². The minimum absolute atomic E-state index is 0.0488. The van der Waals surface area contributed by atoms with E-state index in [2.05, 4.69) is 20.2 Å². The highest BCUT2D eigenvalue weighted by Crippen LogP contribution is 2.34. The zero-order valence-corrected chi connectivity index (χ0v) is 12.0. The predicted octanol–water partition coefficient (Wildman–Crippen LogP) is 3.97. The van der Waals surface area contributed by atoms with Crippen LogP contribution in [0.4, 0.5) is 13.2 Å². The van der Waals surface area contributed by atoms with Gasteiger partial charge in [-0.15, -0.1) is 0 Å². The highest BCUT2D eigenvalue weighted by molar-refractivity contribution is 6.29. The standard InChI is InChI=1S/C14H7ClF3N5/c15-11-4-3-10-12(21-11)23(13(20-10)14(16,17)18)8-1-2-9-7(5-8)6-19-22-9/h1-6H,(H,19,22). The van der Waals surface area contributed by atoms with Crippen molar-refractivity contribution in [2.24, 2.45) is 0 Å². The van der Waals surface area contributed by atoms with Crippen LogP contribution in [-0.4, -0.2) is 24.7 Å². The SMILES string of the molecule is FC(F)(F)c1nc2ccc(Cl)nc2n1-c1ccc2[nH]ncc2c1. The van der Waals surface area contributed by atoms with Gasteiger partial charge in [0.15, 0.2) is 5.65 Å². The van der Waals surface area contributed by atoms with E-state index in [1.54, 1.807) is 18.2 Å². The lowest BCUT2D eigenvalue weighted by Crippen LogP contribution is -2.14. The number of fused-ring (bicyclic) bond motifs is 2. The molecule has 0 atom stereocenters. The number of hydrogen-bond acceptors (Lipinski definition) is 3. The third kappa shape index (κ3) is 2.22. The van der Waals surface area contributed by atoms with Crippen LogP contribution in [0, 0.1) is 0 Å². The van der Waals surface area contributed by atoms with Crippen molar-refractivity contribution in [3.63, 3.8) is 0 Å². The van der Waals surface area contributed by atoms with Gasteiger partial charge >= 0.3 is 6.18 Å². The van der Waals surface area contributed by atoms with Crippen LogP contribution >= 0.6 is 11.6 Å². The third-order valence-electron chi connectivity index (χ3n) is 3.41. The number of benzene rings is 1. The van der Waals surface area contributed by atoms with E-state index in [-0.39, 0.29) is 22.0 Å². The molecule has 3 heterocycles. The molecule has 23 heavy (non-hydrogen) atoms. The Labute approximate surface area is 131 Å². The van der Waals surface area contributed by atoms with Crippen LogP contribution < -0.4 is 0 Å². The highest BCUT2D eigenvalue weighted by Gasteiger charge is 2.38. The molecular weight excluding hydrogens is 331 g/mol. The summed E-state index contributed by atoms with van der Waals surface area (Å²) in [4.78, 5) is 7.66. The quantitative estimate of drug-likeness (QED) is 0.535. The molecule has 3 aromatic heterocycles. The number of aromatic amines is 1. The second-order valence-corrected chi connectivity index (χ2v) is 5.27. The van der Waals surface area contributed by atoms with Gasteiger partial charge in [-0.2, -0.15) is 18.3 Å². The van der Waals surface area contributed by atoms with Crippen LogP contribution in [0.3, 0.4) is 0 Å². The first-order valence-corrected chi connectivity index (χ1v) is 6.87. The summed E-state index contributed by atoms with van der Waals surface area (Å²) in [6, 6.07) is 7.58. The number of alkyl halides is 3. The van der Waals surface area contributed by atoms with Gasteiger partial charge in [0.2, 0.25) is 5.82 Å². The Balaban J connectivity index is 2.08. The topological polar surface area (TPSA) is 59.4 Å². The first-order chi connectivity index (χ1) is 10.9. The Morgan fingerprint density at radius 3 is 2.70 bits per heavy atom. The summed E-state index contributed by atoms with van der Waals surface area (Å²) < 4.78 is 41.0. The molecule has 0 spiro atoms. The van der Waals surface area contributed by atoms with Gasteiger partial charge in [0.1, 0.15) is 10.7 Å². The van der Waals surface area contributed by atoms with Gasteiger partial charge in [0.25, 0.3) is 0 Å². The predicted molar refractivity (Wildman–Crippen MR) is 78.5 cm³/mol. The Bertz CT molecular complexity index is 1030. The normalized spacial score (nSPS) is 12.3. The summed E-state index contributed by atoms with van der Waals surface area (Å²) in [5.74, 6) is -1.05. The fourth-order valence-electron chi connectivity index (χ4n) is 2.44. The first-order valence-electron chi connectivity index (χ1n) is 6.49. The fourth-order valence-corrected chi connectivity index (χ4v) is 2.58. The van der Waals surface area contributed by atoms with E-state index >= 15 is 0 Å². The molecule has 0 bridgehead atoms. The van der Waals surface area contributed by atoms with Crippen molar-refractivity contribution in [1.82, 2.24) is 24.7 Å². The minimum Gasteiger partial charge on any atom is -0.278 e. The molecule has 9 heteroatoms. The summed E-state index contributed by atoms with van der Waals surface area (Å²) in [7, 11) is 0. The van der Waals surface area contributed by atoms with Gasteiger partial charge < -0.3 is 0 Å². The molecule has 0 aliphatic carbocycles. The largest absolute Gasteiger partial charge is 0.450 e. The molecule has 0 saturated carbocycles. The van der Waals surface area contributed by atoms with Crippen molar-refractivity contribution in [3.8, 4) is 5.69 Å². The monoisotopic (exact) mass is 337 g/mol. The average Bonchev–Trinajstić information content (AvgIpc) is 3.08. The number of pyridine rings is 1. The van der Waals surface area contributed by atoms with Crippen LogP contribution in [0.15, 0.2) is 36.5 Å². The van der Waals surface area contributed by atoms with E-state index in [1.807, 2.05) is 0 Å². The average molecular weight is 338 g/mol. The lowest BCUT2D eigenvalue weighted by Gasteiger charge is -2.11. The molecule has 0 fully saturated rings. The molecule has 0 aliphatic heterocycles. The number of H-pyrrole nitrogens is 1. The number of nitrogens with zero attached hydrogens (tertiary/aromatic N) is 4. The molecule has 0 amide bonds. The first kappa shape index (κ1) is 14.0. The van der Waals surface area contributed by atoms with E-state index in [1.165, 1.54) is 18.3 Å².